The molecular formula is C17H15Cl3N2O4. The third-order valence-electron chi connectivity index (χ3n) is 3.21. The van der Waals surface area contributed by atoms with Crippen molar-refractivity contribution in [3.63, 3.8) is 0 Å². The summed E-state index contributed by atoms with van der Waals surface area (Å²) in [6.07, 6.45) is 0. The summed E-state index contributed by atoms with van der Waals surface area (Å²) in [4.78, 5) is 23.9. The summed E-state index contributed by atoms with van der Waals surface area (Å²) in [7, 11) is 0. The average Bonchev–Trinajstić information content (AvgIpc) is 2.59. The molecule has 0 aliphatic heterocycles. The SMILES string of the molecule is CCNC(=O)COc1cccc(NC(=O)c2c(O)c(Cl)cc(Cl)c2Cl)c1. The van der Waals surface area contributed by atoms with Gasteiger partial charge in [0.2, 0.25) is 0 Å². The van der Waals surface area contributed by atoms with Gasteiger partial charge in [0.15, 0.2) is 6.61 Å². The number of carbonyl (C=O) groups excluding carboxylic acids is 2. The van der Waals surface area contributed by atoms with E-state index in [0.29, 0.717) is 18.0 Å². The predicted molar refractivity (Wildman–Crippen MR) is 102 cm³/mol. The number of halogens is 3. The van der Waals surface area contributed by atoms with Crippen LogP contribution >= 0.6 is 34.8 Å². The molecule has 9 heteroatoms. The van der Waals surface area contributed by atoms with Crippen LogP contribution in [0.3, 0.4) is 0 Å². The van der Waals surface area contributed by atoms with Crippen molar-refractivity contribution in [1.29, 1.82) is 0 Å². The minimum atomic E-state index is -0.697. The van der Waals surface area contributed by atoms with Gasteiger partial charge in [-0.25, -0.2) is 0 Å². The van der Waals surface area contributed by atoms with Crippen LogP contribution < -0.4 is 15.4 Å². The first-order valence-electron chi connectivity index (χ1n) is 7.50. The summed E-state index contributed by atoms with van der Waals surface area (Å²) in [5.41, 5.74) is 0.132. The normalized spacial score (nSPS) is 10.3. The number of hydrogen-bond donors (Lipinski definition) is 3. The summed E-state index contributed by atoms with van der Waals surface area (Å²) >= 11 is 17.7. The largest absolute Gasteiger partial charge is 0.505 e. The van der Waals surface area contributed by atoms with Crippen LogP contribution in [0, 0.1) is 0 Å². The number of benzene rings is 2. The van der Waals surface area contributed by atoms with Crippen LogP contribution in [0.15, 0.2) is 30.3 Å². The molecular weight excluding hydrogens is 403 g/mol. The first-order valence-corrected chi connectivity index (χ1v) is 8.64. The molecule has 0 bridgehead atoms. The highest BCUT2D eigenvalue weighted by molar-refractivity contribution is 6.46. The van der Waals surface area contributed by atoms with Crippen LogP contribution in [-0.2, 0) is 4.79 Å². The van der Waals surface area contributed by atoms with Crippen molar-refractivity contribution in [2.45, 2.75) is 6.92 Å². The molecule has 138 valence electrons. The van der Waals surface area contributed by atoms with E-state index >= 15 is 0 Å². The summed E-state index contributed by atoms with van der Waals surface area (Å²) in [5.74, 6) is -1.04. The van der Waals surface area contributed by atoms with E-state index in [9.17, 15) is 14.7 Å². The Morgan fingerprint density at radius 3 is 2.58 bits per heavy atom. The molecule has 0 aliphatic rings. The minimum absolute atomic E-state index is 0.0404. The molecule has 26 heavy (non-hydrogen) atoms. The number of ether oxygens (including phenoxy) is 1. The van der Waals surface area contributed by atoms with Gasteiger partial charge in [-0.05, 0) is 25.1 Å². The van der Waals surface area contributed by atoms with E-state index in [-0.39, 0.29) is 33.1 Å². The molecule has 0 fully saturated rings. The Morgan fingerprint density at radius 1 is 1.15 bits per heavy atom. The molecule has 0 unspecified atom stereocenters. The van der Waals surface area contributed by atoms with Crippen LogP contribution in [-0.4, -0.2) is 30.1 Å². The van der Waals surface area contributed by atoms with Crippen molar-refractivity contribution in [3.8, 4) is 11.5 Å². The molecule has 6 nitrogen and oxygen atoms in total. The molecule has 2 amide bonds. The summed E-state index contributed by atoms with van der Waals surface area (Å²) in [5, 5.41) is 15.0. The molecule has 0 heterocycles. The van der Waals surface area contributed by atoms with Crippen LogP contribution in [0.1, 0.15) is 17.3 Å². The van der Waals surface area contributed by atoms with Gasteiger partial charge in [-0.15, -0.1) is 0 Å². The van der Waals surface area contributed by atoms with Gasteiger partial charge in [0, 0.05) is 18.3 Å². The van der Waals surface area contributed by atoms with Gasteiger partial charge in [0.25, 0.3) is 11.8 Å². The van der Waals surface area contributed by atoms with Gasteiger partial charge in [-0.3, -0.25) is 9.59 Å². The van der Waals surface area contributed by atoms with E-state index in [1.54, 1.807) is 25.1 Å². The van der Waals surface area contributed by atoms with Gasteiger partial charge >= 0.3 is 0 Å². The molecule has 0 aliphatic carbocycles. The fraction of sp³-hybridized carbons (Fsp3) is 0.176. The number of phenolic OH excluding ortho intramolecular Hbond substituents is 1. The Hall–Kier alpha value is -2.15. The van der Waals surface area contributed by atoms with Gasteiger partial charge in [-0.2, -0.15) is 0 Å². The lowest BCUT2D eigenvalue weighted by atomic mass is 10.1. The van der Waals surface area contributed by atoms with E-state index in [1.807, 2.05) is 0 Å². The molecule has 2 aromatic carbocycles. The zero-order valence-corrected chi connectivity index (χ0v) is 15.9. The Kier molecular flexibility index (Phi) is 6.97. The molecule has 2 rings (SSSR count). The average molecular weight is 418 g/mol. The second-order valence-electron chi connectivity index (χ2n) is 5.10. The lowest BCUT2D eigenvalue weighted by Crippen LogP contribution is -2.28. The highest BCUT2D eigenvalue weighted by Gasteiger charge is 2.21. The van der Waals surface area contributed by atoms with Crippen molar-refractivity contribution in [1.82, 2.24) is 5.32 Å². The summed E-state index contributed by atoms with van der Waals surface area (Å²) in [6.45, 7) is 2.16. The smallest absolute Gasteiger partial charge is 0.261 e. The molecule has 0 radical (unpaired) electrons. The number of phenols is 1. The fourth-order valence-corrected chi connectivity index (χ4v) is 2.74. The summed E-state index contributed by atoms with van der Waals surface area (Å²) in [6, 6.07) is 7.64. The molecule has 0 aromatic heterocycles. The molecule has 0 spiro atoms. The standard InChI is InChI=1S/C17H15Cl3N2O4/c1-2-21-13(23)8-26-10-5-3-4-9(6-10)22-17(25)14-15(20)11(18)7-12(19)16(14)24/h3-7,24H,2,8H2,1H3,(H,21,23)(H,22,25). The predicted octanol–water partition coefficient (Wildman–Crippen LogP) is 4.12. The topological polar surface area (TPSA) is 87.7 Å². The third-order valence-corrected chi connectivity index (χ3v) is 4.28. The van der Waals surface area contributed by atoms with E-state index in [1.165, 1.54) is 12.1 Å². The molecule has 3 N–H and O–H groups in total. The van der Waals surface area contributed by atoms with Crippen molar-refractivity contribution in [3.05, 3.63) is 51.0 Å². The zero-order chi connectivity index (χ0) is 19.3. The lowest BCUT2D eigenvalue weighted by Gasteiger charge is -2.12. The highest BCUT2D eigenvalue weighted by atomic mass is 35.5. The van der Waals surface area contributed by atoms with Gasteiger partial charge in [0.05, 0.1) is 15.1 Å². The van der Waals surface area contributed by atoms with Gasteiger partial charge in [-0.1, -0.05) is 40.9 Å². The lowest BCUT2D eigenvalue weighted by molar-refractivity contribution is -0.122. The number of rotatable bonds is 6. The summed E-state index contributed by atoms with van der Waals surface area (Å²) < 4.78 is 5.35. The van der Waals surface area contributed by atoms with Gasteiger partial charge in [0.1, 0.15) is 17.1 Å². The number of hydrogen-bond acceptors (Lipinski definition) is 4. The maximum absolute atomic E-state index is 12.4. The van der Waals surface area contributed by atoms with Crippen molar-refractivity contribution in [2.24, 2.45) is 0 Å². The zero-order valence-electron chi connectivity index (χ0n) is 13.6. The third kappa shape index (κ3) is 4.94. The number of anilines is 1. The molecule has 2 aromatic rings. The van der Waals surface area contributed by atoms with Crippen LogP contribution in [0.4, 0.5) is 5.69 Å². The minimum Gasteiger partial charge on any atom is -0.505 e. The van der Waals surface area contributed by atoms with E-state index in [4.69, 9.17) is 39.5 Å². The maximum atomic E-state index is 12.4. The highest BCUT2D eigenvalue weighted by Crippen LogP contribution is 2.38. The van der Waals surface area contributed by atoms with E-state index < -0.39 is 11.7 Å². The number of likely N-dealkylation sites (N-methyl/N-ethyl adjacent to an activating group) is 1. The number of nitrogens with one attached hydrogen (secondary N) is 2. The van der Waals surface area contributed by atoms with Crippen molar-refractivity contribution < 1.29 is 19.4 Å². The van der Waals surface area contributed by atoms with Crippen molar-refractivity contribution >= 4 is 52.3 Å². The maximum Gasteiger partial charge on any atom is 0.261 e. The first-order chi connectivity index (χ1) is 12.3. The van der Waals surface area contributed by atoms with Crippen molar-refractivity contribution in [2.75, 3.05) is 18.5 Å². The second-order valence-corrected chi connectivity index (χ2v) is 6.29. The number of amides is 2. The van der Waals surface area contributed by atoms with Crippen LogP contribution in [0.2, 0.25) is 15.1 Å². The Balaban J connectivity index is 2.16. The Labute approximate surface area is 165 Å². The fourth-order valence-electron chi connectivity index (χ4n) is 2.05. The van der Waals surface area contributed by atoms with E-state index in [0.717, 1.165) is 0 Å². The molecule has 0 saturated heterocycles. The monoisotopic (exact) mass is 416 g/mol. The molecule has 0 saturated carbocycles. The van der Waals surface area contributed by atoms with E-state index in [2.05, 4.69) is 10.6 Å². The quantitative estimate of drug-likeness (QED) is 0.617. The van der Waals surface area contributed by atoms with Gasteiger partial charge < -0.3 is 20.5 Å². The van der Waals surface area contributed by atoms with Crippen LogP contribution in [0.25, 0.3) is 0 Å². The number of aromatic hydroxyl groups is 1. The van der Waals surface area contributed by atoms with Crippen LogP contribution in [0.5, 0.6) is 11.5 Å². The Bertz CT molecular complexity index is 817. The Morgan fingerprint density at radius 2 is 1.88 bits per heavy atom. The number of carbonyl (C=O) groups is 2. The first kappa shape index (κ1) is 20.2. The second kappa shape index (κ2) is 8.98. The molecule has 0 atom stereocenters.